The molecule has 0 amide bonds. The molecule has 1 aromatic carbocycles. The first-order valence-corrected chi connectivity index (χ1v) is 6.04. The molecule has 1 heterocycles. The standard InChI is InChI=1S/C13H11ClF3NO/c1-2-18-13(9-5-6-10(14)19-9)7-3-4-8(15)12(17)11(7)16/h3-6,13,18H,2H2,1H3. The molecule has 0 aliphatic rings. The highest BCUT2D eigenvalue weighted by Crippen LogP contribution is 2.29. The van der Waals surface area contributed by atoms with E-state index in [0.717, 1.165) is 6.07 Å². The van der Waals surface area contributed by atoms with Crippen LogP contribution in [0.5, 0.6) is 0 Å². The van der Waals surface area contributed by atoms with Gasteiger partial charge in [-0.3, -0.25) is 0 Å². The van der Waals surface area contributed by atoms with Crippen molar-refractivity contribution in [2.45, 2.75) is 13.0 Å². The summed E-state index contributed by atoms with van der Waals surface area (Å²) in [6.45, 7) is 2.29. The summed E-state index contributed by atoms with van der Waals surface area (Å²) in [6.07, 6.45) is 0. The normalized spacial score (nSPS) is 12.7. The van der Waals surface area contributed by atoms with Gasteiger partial charge in [0.05, 0.1) is 6.04 Å². The summed E-state index contributed by atoms with van der Waals surface area (Å²) in [6, 6.07) is 4.38. The van der Waals surface area contributed by atoms with Gasteiger partial charge in [0, 0.05) is 5.56 Å². The summed E-state index contributed by atoms with van der Waals surface area (Å²) >= 11 is 5.67. The first kappa shape index (κ1) is 14.0. The Morgan fingerprint density at radius 1 is 1.16 bits per heavy atom. The molecule has 0 saturated heterocycles. The van der Waals surface area contributed by atoms with E-state index in [1.54, 1.807) is 13.0 Å². The monoisotopic (exact) mass is 289 g/mol. The molecule has 6 heteroatoms. The van der Waals surface area contributed by atoms with Crippen molar-refractivity contribution < 1.29 is 17.6 Å². The van der Waals surface area contributed by atoms with Gasteiger partial charge in [0.15, 0.2) is 22.7 Å². The van der Waals surface area contributed by atoms with E-state index in [0.29, 0.717) is 12.3 Å². The molecular weight excluding hydrogens is 279 g/mol. The van der Waals surface area contributed by atoms with Gasteiger partial charge in [-0.25, -0.2) is 13.2 Å². The molecule has 0 saturated carbocycles. The molecule has 1 atom stereocenters. The lowest BCUT2D eigenvalue weighted by atomic mass is 10.0. The van der Waals surface area contributed by atoms with Gasteiger partial charge in [-0.15, -0.1) is 0 Å². The van der Waals surface area contributed by atoms with Gasteiger partial charge >= 0.3 is 0 Å². The van der Waals surface area contributed by atoms with E-state index in [-0.39, 0.29) is 10.8 Å². The van der Waals surface area contributed by atoms with Crippen molar-refractivity contribution >= 4 is 11.6 Å². The second-order valence-electron chi connectivity index (χ2n) is 3.90. The third-order valence-corrected chi connectivity index (χ3v) is 2.87. The lowest BCUT2D eigenvalue weighted by molar-refractivity contribution is 0.412. The molecule has 0 aliphatic carbocycles. The number of nitrogens with one attached hydrogen (secondary N) is 1. The predicted octanol–water partition coefficient (Wildman–Crippen LogP) is 4.05. The van der Waals surface area contributed by atoms with Gasteiger partial charge in [-0.1, -0.05) is 13.0 Å². The Balaban J connectivity index is 2.48. The summed E-state index contributed by atoms with van der Waals surface area (Å²) in [7, 11) is 0. The highest BCUT2D eigenvalue weighted by atomic mass is 35.5. The lowest BCUT2D eigenvalue weighted by Gasteiger charge is -2.17. The van der Waals surface area contributed by atoms with E-state index in [1.165, 1.54) is 12.1 Å². The van der Waals surface area contributed by atoms with Gasteiger partial charge in [0.2, 0.25) is 0 Å². The van der Waals surface area contributed by atoms with Crippen molar-refractivity contribution in [1.82, 2.24) is 5.32 Å². The van der Waals surface area contributed by atoms with Crippen LogP contribution in [0.25, 0.3) is 0 Å². The van der Waals surface area contributed by atoms with Crippen LogP contribution in [0.4, 0.5) is 13.2 Å². The van der Waals surface area contributed by atoms with Gasteiger partial charge in [0.1, 0.15) is 5.76 Å². The van der Waals surface area contributed by atoms with E-state index in [4.69, 9.17) is 16.0 Å². The van der Waals surface area contributed by atoms with E-state index in [1.807, 2.05) is 0 Å². The smallest absolute Gasteiger partial charge is 0.194 e. The quantitative estimate of drug-likeness (QED) is 0.859. The topological polar surface area (TPSA) is 25.2 Å². The van der Waals surface area contributed by atoms with Crippen LogP contribution in [-0.4, -0.2) is 6.54 Å². The molecular formula is C13H11ClF3NO. The first-order chi connectivity index (χ1) is 9.04. The fourth-order valence-corrected chi connectivity index (χ4v) is 1.97. The average molecular weight is 290 g/mol. The van der Waals surface area contributed by atoms with E-state index in [9.17, 15) is 13.2 Å². The maximum atomic E-state index is 13.8. The molecule has 0 fully saturated rings. The van der Waals surface area contributed by atoms with Crippen molar-refractivity contribution in [3.8, 4) is 0 Å². The van der Waals surface area contributed by atoms with Crippen LogP contribution in [0, 0.1) is 17.5 Å². The molecule has 1 unspecified atom stereocenters. The number of hydrogen-bond donors (Lipinski definition) is 1. The van der Waals surface area contributed by atoms with Crippen molar-refractivity contribution in [1.29, 1.82) is 0 Å². The Labute approximate surface area is 113 Å². The molecule has 2 rings (SSSR count). The molecule has 0 spiro atoms. The van der Waals surface area contributed by atoms with Crippen LogP contribution in [0.15, 0.2) is 28.7 Å². The Morgan fingerprint density at radius 2 is 1.89 bits per heavy atom. The first-order valence-electron chi connectivity index (χ1n) is 5.66. The van der Waals surface area contributed by atoms with E-state index < -0.39 is 23.5 Å². The summed E-state index contributed by atoms with van der Waals surface area (Å²) in [5.74, 6) is -3.64. The predicted molar refractivity (Wildman–Crippen MR) is 65.6 cm³/mol. The Bertz CT molecular complexity index is 585. The van der Waals surface area contributed by atoms with Gasteiger partial charge < -0.3 is 9.73 Å². The lowest BCUT2D eigenvalue weighted by Crippen LogP contribution is -2.23. The maximum absolute atomic E-state index is 13.8. The molecule has 102 valence electrons. The third-order valence-electron chi connectivity index (χ3n) is 2.66. The third kappa shape index (κ3) is 2.77. The van der Waals surface area contributed by atoms with Crippen LogP contribution in [-0.2, 0) is 0 Å². The second kappa shape index (κ2) is 5.67. The van der Waals surface area contributed by atoms with Crippen LogP contribution in [0.3, 0.4) is 0 Å². The zero-order valence-corrected chi connectivity index (χ0v) is 10.8. The average Bonchev–Trinajstić information content (AvgIpc) is 2.81. The SMILES string of the molecule is CCNC(c1ccc(Cl)o1)c1ccc(F)c(F)c1F. The van der Waals surface area contributed by atoms with Crippen LogP contribution in [0.1, 0.15) is 24.3 Å². The van der Waals surface area contributed by atoms with Crippen LogP contribution < -0.4 is 5.32 Å². The Morgan fingerprint density at radius 3 is 2.47 bits per heavy atom. The highest BCUT2D eigenvalue weighted by Gasteiger charge is 2.24. The molecule has 1 N–H and O–H groups in total. The molecule has 0 bridgehead atoms. The zero-order chi connectivity index (χ0) is 14.0. The summed E-state index contributed by atoms with van der Waals surface area (Å²) < 4.78 is 45.2. The van der Waals surface area contributed by atoms with Gasteiger partial charge in [-0.2, -0.15) is 0 Å². The fraction of sp³-hybridized carbons (Fsp3) is 0.231. The Kier molecular flexibility index (Phi) is 4.17. The van der Waals surface area contributed by atoms with Crippen molar-refractivity contribution in [3.63, 3.8) is 0 Å². The molecule has 19 heavy (non-hydrogen) atoms. The maximum Gasteiger partial charge on any atom is 0.194 e. The van der Waals surface area contributed by atoms with Crippen LogP contribution >= 0.6 is 11.6 Å². The molecule has 1 aromatic heterocycles. The van der Waals surface area contributed by atoms with Gasteiger partial charge in [-0.05, 0) is 36.3 Å². The largest absolute Gasteiger partial charge is 0.448 e. The summed E-state index contributed by atoms with van der Waals surface area (Å²) in [5.41, 5.74) is -0.0354. The van der Waals surface area contributed by atoms with Crippen LogP contribution in [0.2, 0.25) is 5.22 Å². The minimum Gasteiger partial charge on any atom is -0.448 e. The van der Waals surface area contributed by atoms with Crippen molar-refractivity contribution in [2.24, 2.45) is 0 Å². The number of halogens is 4. The molecule has 0 radical (unpaired) electrons. The van der Waals surface area contributed by atoms with E-state index in [2.05, 4.69) is 5.32 Å². The number of hydrogen-bond acceptors (Lipinski definition) is 2. The number of benzene rings is 1. The zero-order valence-electron chi connectivity index (χ0n) is 10.0. The highest BCUT2D eigenvalue weighted by molar-refractivity contribution is 6.28. The minimum absolute atomic E-state index is 0.0354. The summed E-state index contributed by atoms with van der Waals surface area (Å²) in [5, 5.41) is 3.07. The van der Waals surface area contributed by atoms with Crippen molar-refractivity contribution in [3.05, 3.63) is 58.3 Å². The second-order valence-corrected chi connectivity index (χ2v) is 4.27. The number of furan rings is 1. The number of rotatable bonds is 4. The summed E-state index contributed by atoms with van der Waals surface area (Å²) in [4.78, 5) is 0. The van der Waals surface area contributed by atoms with Gasteiger partial charge in [0.25, 0.3) is 0 Å². The molecule has 0 aliphatic heterocycles. The van der Waals surface area contributed by atoms with E-state index >= 15 is 0 Å². The Hall–Kier alpha value is -1.46. The molecule has 2 nitrogen and oxygen atoms in total. The molecule has 2 aromatic rings. The van der Waals surface area contributed by atoms with Crippen molar-refractivity contribution in [2.75, 3.05) is 6.54 Å². The minimum atomic E-state index is -1.50. The fourth-order valence-electron chi connectivity index (χ4n) is 1.82.